The van der Waals surface area contributed by atoms with Crippen molar-refractivity contribution in [3.63, 3.8) is 0 Å². The Balaban J connectivity index is 1.37. The summed E-state index contributed by atoms with van der Waals surface area (Å²) in [4.78, 5) is 109. The number of aliphatic carboxylic acids is 1. The lowest BCUT2D eigenvalue weighted by Crippen LogP contribution is -2.60. The summed E-state index contributed by atoms with van der Waals surface area (Å²) in [6.45, 7) is 7.27. The Morgan fingerprint density at radius 3 is 2.03 bits per heavy atom. The number of nitrogens with zero attached hydrogens (tertiary/aromatic N) is 1. The largest absolute Gasteiger partial charge is 0.481 e. The van der Waals surface area contributed by atoms with Gasteiger partial charge in [-0.25, -0.2) is 0 Å². The summed E-state index contributed by atoms with van der Waals surface area (Å²) in [7, 11) is -4.31. The van der Waals surface area contributed by atoms with Crippen molar-refractivity contribution in [3.8, 4) is 0 Å². The molecule has 0 aliphatic carbocycles. The smallest absolute Gasteiger partial charge is 0.303 e. The number of carbonyl (C=O) groups is 8. The molecule has 7 amide bonds. The molecule has 2 fully saturated rings. The zero-order valence-electron chi connectivity index (χ0n) is 38.8. The van der Waals surface area contributed by atoms with E-state index in [0.717, 1.165) is 16.3 Å². The molecule has 3 aromatic carbocycles. The molecule has 8 N–H and O–H groups in total. The van der Waals surface area contributed by atoms with Crippen molar-refractivity contribution in [2.75, 3.05) is 6.54 Å². The van der Waals surface area contributed by atoms with Crippen LogP contribution in [-0.4, -0.2) is 119 Å². The molecule has 0 bridgehead atoms. The number of likely N-dealkylation sites (tertiary alicyclic amines) is 1. The fourth-order valence-corrected chi connectivity index (χ4v) is 9.07. The van der Waals surface area contributed by atoms with Gasteiger partial charge in [-0.15, -0.1) is 0 Å². The van der Waals surface area contributed by atoms with Crippen molar-refractivity contribution >= 4 is 68.2 Å². The third-order valence-electron chi connectivity index (χ3n) is 11.7. The Labute approximate surface area is 396 Å². The summed E-state index contributed by atoms with van der Waals surface area (Å²) in [5.74, 6) is -5.77. The van der Waals surface area contributed by atoms with E-state index in [2.05, 4.69) is 31.9 Å². The highest BCUT2D eigenvalue weighted by Crippen LogP contribution is 2.23. The minimum Gasteiger partial charge on any atom is -0.481 e. The standard InChI is InChI=1S/C48H63N7O12S/c1-5-11-36(51-43(60)37(52-42(59)35-23-24-40(56)49-35)26-29-19-21-30(22-20-29)28-68(65,66)67)47(64)55-25-10-17-39(55)46(63)53-38(27-32-14-8-13-31-12-6-7-15-33(31)32)44(61)50-34(16-9-18-41(57)58)45(62)54-48(2,3)4/h6-8,12-15,19-22,34-39H,5,9-11,16-18,23-28H2,1-4H3,(H,49,56)(H,50,61)(H,51,60)(H,52,59)(H,53,63)(H,54,62)(H,57,58)(H,65,66,67)/t34-,35?,36-,37-,38-,39-/m0/s1. The molecular formula is C48H63N7O12S. The van der Waals surface area contributed by atoms with E-state index in [1.165, 1.54) is 17.0 Å². The lowest BCUT2D eigenvalue weighted by atomic mass is 9.97. The summed E-state index contributed by atoms with van der Waals surface area (Å²) in [6, 6.07) is 12.3. The SMILES string of the molecule is CCC[C@H](NC(=O)[C@H](Cc1ccc(CS(=O)(=O)O)cc1)NC(=O)C1CCC(=O)N1)C(=O)N1CCC[C@H]1C(=O)N[C@@H](Cc1cccc2ccccc12)C(=O)N[C@@H](CCCC(=O)O)C(=O)NC(C)(C)C. The van der Waals surface area contributed by atoms with Gasteiger partial charge in [-0.3, -0.25) is 42.9 Å². The fourth-order valence-electron chi connectivity index (χ4n) is 8.45. The van der Waals surface area contributed by atoms with Crippen LogP contribution in [0.1, 0.15) is 102 Å². The maximum Gasteiger partial charge on any atom is 0.303 e. The molecule has 6 atom stereocenters. The summed E-state index contributed by atoms with van der Waals surface area (Å²) in [5.41, 5.74) is 0.844. The number of benzene rings is 3. The zero-order chi connectivity index (χ0) is 49.8. The molecule has 0 radical (unpaired) electrons. The Kier molecular flexibility index (Phi) is 18.2. The quantitative estimate of drug-likeness (QED) is 0.0673. The van der Waals surface area contributed by atoms with Gasteiger partial charge < -0.3 is 41.9 Å². The van der Waals surface area contributed by atoms with Gasteiger partial charge in [0.2, 0.25) is 41.4 Å². The zero-order valence-corrected chi connectivity index (χ0v) is 39.7. The lowest BCUT2D eigenvalue weighted by Gasteiger charge is -2.31. The Morgan fingerprint density at radius 2 is 1.40 bits per heavy atom. The third-order valence-corrected chi connectivity index (χ3v) is 12.4. The molecule has 20 heteroatoms. The van der Waals surface area contributed by atoms with E-state index in [1.807, 2.05) is 49.4 Å². The van der Waals surface area contributed by atoms with Gasteiger partial charge in [0.05, 0.1) is 0 Å². The molecule has 368 valence electrons. The topological polar surface area (TPSA) is 287 Å². The Hall–Kier alpha value is -6.41. The van der Waals surface area contributed by atoms with E-state index in [4.69, 9.17) is 0 Å². The van der Waals surface area contributed by atoms with Gasteiger partial charge in [-0.05, 0) is 86.8 Å². The Bertz CT molecular complexity index is 2450. The van der Waals surface area contributed by atoms with Crippen molar-refractivity contribution in [1.29, 1.82) is 0 Å². The molecule has 0 saturated carbocycles. The number of carboxylic acids is 1. The van der Waals surface area contributed by atoms with Crippen molar-refractivity contribution in [2.45, 2.75) is 146 Å². The highest BCUT2D eigenvalue weighted by molar-refractivity contribution is 7.85. The molecule has 2 aliphatic rings. The van der Waals surface area contributed by atoms with E-state index in [9.17, 15) is 56.4 Å². The molecule has 3 aromatic rings. The first-order chi connectivity index (χ1) is 32.1. The molecule has 0 aromatic heterocycles. The monoisotopic (exact) mass is 961 g/mol. The van der Waals surface area contributed by atoms with Crippen LogP contribution in [0.4, 0.5) is 0 Å². The molecule has 2 heterocycles. The maximum atomic E-state index is 14.5. The van der Waals surface area contributed by atoms with Crippen molar-refractivity contribution in [3.05, 3.63) is 83.4 Å². The number of nitrogens with one attached hydrogen (secondary N) is 6. The first kappa shape index (κ1) is 52.6. The van der Waals surface area contributed by atoms with Gasteiger partial charge in [-0.1, -0.05) is 80.1 Å². The molecule has 5 rings (SSSR count). The fraction of sp³-hybridized carbons (Fsp3) is 0.500. The molecule has 2 aliphatic heterocycles. The van der Waals surface area contributed by atoms with Crippen LogP contribution in [0.25, 0.3) is 10.8 Å². The van der Waals surface area contributed by atoms with Gasteiger partial charge in [0, 0.05) is 37.8 Å². The predicted octanol–water partition coefficient (Wildman–Crippen LogP) is 2.19. The summed E-state index contributed by atoms with van der Waals surface area (Å²) in [5, 5.41) is 27.6. The van der Waals surface area contributed by atoms with Crippen LogP contribution < -0.4 is 31.9 Å². The minimum atomic E-state index is -4.31. The summed E-state index contributed by atoms with van der Waals surface area (Å²) < 4.78 is 32.1. The second kappa shape index (κ2) is 23.5. The van der Waals surface area contributed by atoms with Crippen LogP contribution in [0.3, 0.4) is 0 Å². The highest BCUT2D eigenvalue weighted by atomic mass is 32.2. The van der Waals surface area contributed by atoms with Gasteiger partial charge in [0.15, 0.2) is 0 Å². The van der Waals surface area contributed by atoms with Crippen LogP contribution in [-0.2, 0) is 67.1 Å². The normalized spacial score (nSPS) is 17.8. The van der Waals surface area contributed by atoms with Gasteiger partial charge in [-0.2, -0.15) is 8.42 Å². The number of hydrogen-bond acceptors (Lipinski definition) is 10. The number of carbonyl (C=O) groups excluding carboxylic acids is 7. The Morgan fingerprint density at radius 1 is 0.765 bits per heavy atom. The molecule has 2 saturated heterocycles. The molecule has 0 spiro atoms. The minimum absolute atomic E-state index is 0.00223. The summed E-state index contributed by atoms with van der Waals surface area (Å²) in [6.07, 6.45) is 1.36. The van der Waals surface area contributed by atoms with Crippen LogP contribution in [0, 0.1) is 0 Å². The summed E-state index contributed by atoms with van der Waals surface area (Å²) >= 11 is 0. The van der Waals surface area contributed by atoms with Crippen LogP contribution >= 0.6 is 0 Å². The van der Waals surface area contributed by atoms with Crippen molar-refractivity contribution in [1.82, 2.24) is 36.8 Å². The molecule has 19 nitrogen and oxygen atoms in total. The average Bonchev–Trinajstić information content (AvgIpc) is 3.94. The van der Waals surface area contributed by atoms with E-state index < -0.39 is 99.1 Å². The number of fused-ring (bicyclic) bond motifs is 1. The lowest BCUT2D eigenvalue weighted by molar-refractivity contribution is -0.142. The third kappa shape index (κ3) is 15.6. The number of rotatable bonds is 22. The number of amides is 7. The van der Waals surface area contributed by atoms with Crippen molar-refractivity contribution < 1.29 is 56.4 Å². The molecule has 68 heavy (non-hydrogen) atoms. The van der Waals surface area contributed by atoms with Crippen molar-refractivity contribution in [2.24, 2.45) is 0 Å². The van der Waals surface area contributed by atoms with Gasteiger partial charge in [0.1, 0.15) is 42.0 Å². The van der Waals surface area contributed by atoms with E-state index in [1.54, 1.807) is 32.9 Å². The van der Waals surface area contributed by atoms with Crippen LogP contribution in [0.15, 0.2) is 66.7 Å². The number of carboxylic acid groups (broad SMARTS) is 1. The highest BCUT2D eigenvalue weighted by Gasteiger charge is 2.40. The average molecular weight is 962 g/mol. The molecular weight excluding hydrogens is 899 g/mol. The van der Waals surface area contributed by atoms with Gasteiger partial charge >= 0.3 is 5.97 Å². The van der Waals surface area contributed by atoms with E-state index >= 15 is 0 Å². The molecule has 1 unspecified atom stereocenters. The first-order valence-corrected chi connectivity index (χ1v) is 24.6. The number of hydrogen-bond donors (Lipinski definition) is 8. The van der Waals surface area contributed by atoms with Gasteiger partial charge in [0.25, 0.3) is 10.1 Å². The predicted molar refractivity (Wildman–Crippen MR) is 251 cm³/mol. The van der Waals surface area contributed by atoms with E-state index in [-0.39, 0.29) is 75.8 Å². The van der Waals surface area contributed by atoms with E-state index in [0.29, 0.717) is 18.4 Å². The second-order valence-corrected chi connectivity index (χ2v) is 19.9. The van der Waals surface area contributed by atoms with Crippen LogP contribution in [0.2, 0.25) is 0 Å². The second-order valence-electron chi connectivity index (χ2n) is 18.5. The van der Waals surface area contributed by atoms with Crippen LogP contribution in [0.5, 0.6) is 0 Å². The first-order valence-electron chi connectivity index (χ1n) is 23.0. The maximum absolute atomic E-state index is 14.5.